The lowest BCUT2D eigenvalue weighted by Crippen LogP contribution is -2.28. The summed E-state index contributed by atoms with van der Waals surface area (Å²) in [5, 5.41) is 3.48. The molecule has 1 aliphatic carbocycles. The van der Waals surface area contributed by atoms with Crippen LogP contribution in [0.25, 0.3) is 0 Å². The first kappa shape index (κ1) is 12.2. The van der Waals surface area contributed by atoms with Crippen molar-refractivity contribution in [2.75, 3.05) is 7.05 Å². The average molecular weight is 278 g/mol. The molecule has 1 N–H and O–H groups in total. The van der Waals surface area contributed by atoms with Crippen LogP contribution in [0.3, 0.4) is 0 Å². The first-order chi connectivity index (χ1) is 8.76. The van der Waals surface area contributed by atoms with E-state index in [-0.39, 0.29) is 5.41 Å². The van der Waals surface area contributed by atoms with E-state index in [1.54, 1.807) is 11.3 Å². The van der Waals surface area contributed by atoms with E-state index in [2.05, 4.69) is 41.7 Å². The highest BCUT2D eigenvalue weighted by Gasteiger charge is 2.51. The van der Waals surface area contributed by atoms with E-state index < -0.39 is 0 Å². The Bertz CT molecular complexity index is 530. The van der Waals surface area contributed by atoms with Crippen LogP contribution >= 0.6 is 22.9 Å². The SMILES string of the molecule is CNC(c1ccc(Cl)s1)C1(c2ccccc2)CC1. The van der Waals surface area contributed by atoms with Gasteiger partial charge in [0.15, 0.2) is 0 Å². The number of halogens is 1. The molecule has 1 aromatic heterocycles. The standard InChI is InChI=1S/C15H16ClNS/c1-17-14(12-7-8-13(16)18-12)15(9-10-15)11-5-3-2-4-6-11/h2-8,14,17H,9-10H2,1H3. The van der Waals surface area contributed by atoms with Gasteiger partial charge in [0.05, 0.1) is 10.4 Å². The summed E-state index contributed by atoms with van der Waals surface area (Å²) in [5.41, 5.74) is 1.71. The predicted molar refractivity (Wildman–Crippen MR) is 78.5 cm³/mol. The fourth-order valence-corrected chi connectivity index (χ4v) is 4.11. The number of hydrogen-bond donors (Lipinski definition) is 1. The van der Waals surface area contributed by atoms with Gasteiger partial charge in [0, 0.05) is 10.3 Å². The zero-order valence-corrected chi connectivity index (χ0v) is 11.9. The molecule has 3 heteroatoms. The second-order valence-corrected chi connectivity index (χ2v) is 6.63. The second kappa shape index (κ2) is 4.69. The van der Waals surface area contributed by atoms with Gasteiger partial charge in [-0.3, -0.25) is 0 Å². The Balaban J connectivity index is 1.97. The van der Waals surface area contributed by atoms with Crippen molar-refractivity contribution >= 4 is 22.9 Å². The van der Waals surface area contributed by atoms with Crippen LogP contribution in [0.15, 0.2) is 42.5 Å². The summed E-state index contributed by atoms with van der Waals surface area (Å²) in [6.07, 6.45) is 2.50. The van der Waals surface area contributed by atoms with E-state index in [0.717, 1.165) is 4.34 Å². The molecule has 1 heterocycles. The lowest BCUT2D eigenvalue weighted by atomic mass is 9.87. The summed E-state index contributed by atoms with van der Waals surface area (Å²) < 4.78 is 0.870. The number of rotatable bonds is 4. The first-order valence-electron chi connectivity index (χ1n) is 6.24. The van der Waals surface area contributed by atoms with Crippen molar-refractivity contribution in [3.63, 3.8) is 0 Å². The molecule has 1 saturated carbocycles. The molecule has 1 aliphatic rings. The Morgan fingerprint density at radius 1 is 1.17 bits per heavy atom. The molecule has 3 rings (SSSR count). The Kier molecular flexibility index (Phi) is 3.18. The summed E-state index contributed by atoms with van der Waals surface area (Å²) in [6, 6.07) is 15.3. The molecule has 0 bridgehead atoms. The van der Waals surface area contributed by atoms with Crippen molar-refractivity contribution in [1.29, 1.82) is 0 Å². The average Bonchev–Trinajstić information content (AvgIpc) is 3.09. The monoisotopic (exact) mass is 277 g/mol. The zero-order chi connectivity index (χ0) is 12.6. The molecule has 0 spiro atoms. The van der Waals surface area contributed by atoms with Crippen LogP contribution in [-0.4, -0.2) is 7.05 Å². The predicted octanol–water partition coefficient (Wildman–Crippen LogP) is 4.39. The number of thiophene rings is 1. The van der Waals surface area contributed by atoms with E-state index in [9.17, 15) is 0 Å². The van der Waals surface area contributed by atoms with Crippen molar-refractivity contribution in [3.05, 3.63) is 57.2 Å². The highest BCUT2D eigenvalue weighted by Crippen LogP contribution is 2.57. The molecular weight excluding hydrogens is 262 g/mol. The van der Waals surface area contributed by atoms with Crippen molar-refractivity contribution in [2.24, 2.45) is 0 Å². The van der Waals surface area contributed by atoms with E-state index in [0.29, 0.717) is 6.04 Å². The fraction of sp³-hybridized carbons (Fsp3) is 0.333. The summed E-state index contributed by atoms with van der Waals surface area (Å²) in [5.74, 6) is 0. The van der Waals surface area contributed by atoms with Crippen molar-refractivity contribution in [2.45, 2.75) is 24.3 Å². The number of nitrogens with one attached hydrogen (secondary N) is 1. The Hall–Kier alpha value is -0.830. The topological polar surface area (TPSA) is 12.0 Å². The van der Waals surface area contributed by atoms with Crippen LogP contribution in [0.5, 0.6) is 0 Å². The lowest BCUT2D eigenvalue weighted by Gasteiger charge is -2.26. The van der Waals surface area contributed by atoms with Gasteiger partial charge in [-0.15, -0.1) is 11.3 Å². The third-order valence-corrected chi connectivity index (χ3v) is 5.15. The van der Waals surface area contributed by atoms with Gasteiger partial charge < -0.3 is 5.32 Å². The molecule has 0 aliphatic heterocycles. The molecular formula is C15H16ClNS. The molecule has 94 valence electrons. The molecule has 0 amide bonds. The summed E-state index contributed by atoms with van der Waals surface area (Å²) >= 11 is 7.75. The van der Waals surface area contributed by atoms with Crippen LogP contribution in [-0.2, 0) is 5.41 Å². The second-order valence-electron chi connectivity index (χ2n) is 4.89. The summed E-state index contributed by atoms with van der Waals surface area (Å²) in [6.45, 7) is 0. The first-order valence-corrected chi connectivity index (χ1v) is 7.44. The molecule has 18 heavy (non-hydrogen) atoms. The third kappa shape index (κ3) is 1.99. The van der Waals surface area contributed by atoms with Gasteiger partial charge in [-0.2, -0.15) is 0 Å². The smallest absolute Gasteiger partial charge is 0.0931 e. The highest BCUT2D eigenvalue weighted by molar-refractivity contribution is 7.16. The molecule has 0 radical (unpaired) electrons. The van der Waals surface area contributed by atoms with E-state index in [1.165, 1.54) is 23.3 Å². The van der Waals surface area contributed by atoms with Crippen molar-refractivity contribution < 1.29 is 0 Å². The number of likely N-dealkylation sites (N-methyl/N-ethyl adjacent to an activating group) is 1. The Morgan fingerprint density at radius 2 is 1.89 bits per heavy atom. The minimum Gasteiger partial charge on any atom is -0.312 e. The normalized spacial score (nSPS) is 18.6. The van der Waals surface area contributed by atoms with E-state index in [4.69, 9.17) is 11.6 Å². The van der Waals surface area contributed by atoms with Gasteiger partial charge in [-0.25, -0.2) is 0 Å². The maximum absolute atomic E-state index is 6.07. The Labute approximate surface area is 117 Å². The molecule has 1 atom stereocenters. The largest absolute Gasteiger partial charge is 0.312 e. The van der Waals surface area contributed by atoms with Gasteiger partial charge in [0.2, 0.25) is 0 Å². The van der Waals surface area contributed by atoms with Crippen molar-refractivity contribution in [1.82, 2.24) is 5.32 Å². The minimum absolute atomic E-state index is 0.268. The molecule has 0 saturated heterocycles. The highest BCUT2D eigenvalue weighted by atomic mass is 35.5. The fourth-order valence-electron chi connectivity index (χ4n) is 2.82. The lowest BCUT2D eigenvalue weighted by molar-refractivity contribution is 0.470. The van der Waals surface area contributed by atoms with Gasteiger partial charge in [0.25, 0.3) is 0 Å². The Morgan fingerprint density at radius 3 is 2.39 bits per heavy atom. The van der Waals surface area contributed by atoms with Crippen LogP contribution in [0, 0.1) is 0 Å². The van der Waals surface area contributed by atoms with Crippen LogP contribution in [0.2, 0.25) is 4.34 Å². The minimum atomic E-state index is 0.268. The van der Waals surface area contributed by atoms with Crippen LogP contribution in [0.1, 0.15) is 29.3 Å². The maximum Gasteiger partial charge on any atom is 0.0931 e. The molecule has 1 fully saturated rings. The summed E-state index contributed by atoms with van der Waals surface area (Å²) in [7, 11) is 2.04. The quantitative estimate of drug-likeness (QED) is 0.874. The van der Waals surface area contributed by atoms with Crippen molar-refractivity contribution in [3.8, 4) is 0 Å². The third-order valence-electron chi connectivity index (χ3n) is 3.86. The van der Waals surface area contributed by atoms with E-state index in [1.807, 2.05) is 13.1 Å². The van der Waals surface area contributed by atoms with Gasteiger partial charge in [-0.1, -0.05) is 41.9 Å². The number of hydrogen-bond acceptors (Lipinski definition) is 2. The zero-order valence-electron chi connectivity index (χ0n) is 10.3. The van der Waals surface area contributed by atoms with Crippen LogP contribution < -0.4 is 5.32 Å². The van der Waals surface area contributed by atoms with Crippen LogP contribution in [0.4, 0.5) is 0 Å². The maximum atomic E-state index is 6.07. The van der Waals surface area contributed by atoms with Gasteiger partial charge in [0.1, 0.15) is 0 Å². The number of benzene rings is 1. The van der Waals surface area contributed by atoms with Gasteiger partial charge in [-0.05, 0) is 37.6 Å². The summed E-state index contributed by atoms with van der Waals surface area (Å²) in [4.78, 5) is 1.34. The molecule has 1 nitrogen and oxygen atoms in total. The van der Waals surface area contributed by atoms with Gasteiger partial charge >= 0.3 is 0 Å². The molecule has 2 aromatic rings. The van der Waals surface area contributed by atoms with E-state index >= 15 is 0 Å². The molecule has 1 unspecified atom stereocenters. The molecule has 1 aromatic carbocycles.